The molecule has 7 heteroatoms. The number of rotatable bonds is 6. The Hall–Kier alpha value is -3.71. The lowest BCUT2D eigenvalue weighted by Crippen LogP contribution is -2.48. The van der Waals surface area contributed by atoms with Crippen LogP contribution in [0.5, 0.6) is 0 Å². The molecule has 1 amide bonds. The summed E-state index contributed by atoms with van der Waals surface area (Å²) >= 11 is 0. The fraction of sp³-hybridized carbons (Fsp3) is 0.269. The quantitative estimate of drug-likeness (QED) is 0.481. The van der Waals surface area contributed by atoms with Crippen molar-refractivity contribution in [2.75, 3.05) is 38.0 Å². The number of hydrogen-bond acceptors (Lipinski definition) is 6. The van der Waals surface area contributed by atoms with Gasteiger partial charge in [-0.05, 0) is 24.2 Å². The van der Waals surface area contributed by atoms with E-state index < -0.39 is 0 Å². The molecule has 1 aliphatic heterocycles. The fourth-order valence-corrected chi connectivity index (χ4v) is 4.13. The fourth-order valence-electron chi connectivity index (χ4n) is 4.13. The topological polar surface area (TPSA) is 74.5 Å². The lowest BCUT2D eigenvalue weighted by Gasteiger charge is -2.34. The Balaban J connectivity index is 1.31. The van der Waals surface area contributed by atoms with Gasteiger partial charge in [0.1, 0.15) is 17.6 Å². The molecule has 0 saturated carbocycles. The normalized spacial score (nSPS) is 14.5. The molecule has 0 aliphatic carbocycles. The minimum Gasteiger partial charge on any atom is -0.450 e. The Morgan fingerprint density at radius 1 is 1.00 bits per heavy atom. The van der Waals surface area contributed by atoms with E-state index in [9.17, 15) is 4.79 Å². The van der Waals surface area contributed by atoms with Crippen LogP contribution in [0, 0.1) is 0 Å². The number of fused-ring (bicyclic) bond motifs is 1. The van der Waals surface area contributed by atoms with Crippen molar-refractivity contribution in [1.29, 1.82) is 0 Å². The first-order valence-electron chi connectivity index (χ1n) is 11.4. The van der Waals surface area contributed by atoms with Gasteiger partial charge in [-0.15, -0.1) is 0 Å². The zero-order valence-electron chi connectivity index (χ0n) is 18.7. The van der Waals surface area contributed by atoms with E-state index in [2.05, 4.69) is 39.2 Å². The molecular weight excluding hydrogens is 414 g/mol. The number of carbonyl (C=O) groups excluding carboxylic acids is 1. The SMILES string of the molecule is CCN1CCN(C(=O)c2ccc(-c3cc4ncnc(NCc5ccccc5)c4o3)cc2)CC1. The van der Waals surface area contributed by atoms with Crippen molar-refractivity contribution < 1.29 is 9.21 Å². The molecule has 3 heterocycles. The standard InChI is InChI=1S/C26H27N5O2/c1-2-30-12-14-31(15-13-30)26(32)21-10-8-20(9-11-21)23-16-22-24(33-23)25(29-18-28-22)27-17-19-6-4-3-5-7-19/h3-11,16,18H,2,12-15,17H2,1H3,(H,27,28,29). The second kappa shape index (κ2) is 9.42. The second-order valence-corrected chi connectivity index (χ2v) is 8.19. The number of aromatic nitrogens is 2. The summed E-state index contributed by atoms with van der Waals surface area (Å²) in [5, 5.41) is 3.34. The molecule has 1 fully saturated rings. The van der Waals surface area contributed by atoms with Gasteiger partial charge in [0.2, 0.25) is 0 Å². The van der Waals surface area contributed by atoms with E-state index in [0.29, 0.717) is 29.3 Å². The maximum atomic E-state index is 12.9. The molecule has 1 saturated heterocycles. The Morgan fingerprint density at radius 3 is 2.48 bits per heavy atom. The van der Waals surface area contributed by atoms with Crippen molar-refractivity contribution in [3.63, 3.8) is 0 Å². The third-order valence-electron chi connectivity index (χ3n) is 6.14. The molecule has 2 aromatic heterocycles. The van der Waals surface area contributed by atoms with Crippen LogP contribution in [-0.2, 0) is 6.54 Å². The molecule has 168 valence electrons. The summed E-state index contributed by atoms with van der Waals surface area (Å²) in [6, 6.07) is 19.7. The van der Waals surface area contributed by atoms with Crippen LogP contribution < -0.4 is 5.32 Å². The minimum atomic E-state index is 0.0835. The van der Waals surface area contributed by atoms with E-state index in [4.69, 9.17) is 4.42 Å². The van der Waals surface area contributed by atoms with E-state index in [1.807, 2.05) is 53.4 Å². The van der Waals surface area contributed by atoms with Gasteiger partial charge in [-0.25, -0.2) is 9.97 Å². The maximum absolute atomic E-state index is 12.9. The zero-order chi connectivity index (χ0) is 22.6. The first-order valence-corrected chi connectivity index (χ1v) is 11.4. The van der Waals surface area contributed by atoms with Gasteiger partial charge >= 0.3 is 0 Å². The maximum Gasteiger partial charge on any atom is 0.253 e. The van der Waals surface area contributed by atoms with Crippen LogP contribution in [0.2, 0.25) is 0 Å². The van der Waals surface area contributed by atoms with Gasteiger partial charge in [-0.3, -0.25) is 4.79 Å². The molecule has 0 bridgehead atoms. The highest BCUT2D eigenvalue weighted by atomic mass is 16.3. The number of hydrogen-bond donors (Lipinski definition) is 1. The van der Waals surface area contributed by atoms with Crippen molar-refractivity contribution in [3.05, 3.63) is 78.1 Å². The lowest BCUT2D eigenvalue weighted by molar-refractivity contribution is 0.0643. The van der Waals surface area contributed by atoms with Crippen LogP contribution in [0.15, 0.2) is 71.4 Å². The number of likely N-dealkylation sites (N-methyl/N-ethyl adjacent to an activating group) is 1. The van der Waals surface area contributed by atoms with Crippen LogP contribution in [0.25, 0.3) is 22.4 Å². The van der Waals surface area contributed by atoms with E-state index in [-0.39, 0.29) is 5.91 Å². The average Bonchev–Trinajstić information content (AvgIpc) is 3.33. The summed E-state index contributed by atoms with van der Waals surface area (Å²) in [5.74, 6) is 1.44. The Kier molecular flexibility index (Phi) is 6.04. The number of nitrogens with one attached hydrogen (secondary N) is 1. The van der Waals surface area contributed by atoms with Gasteiger partial charge < -0.3 is 19.5 Å². The molecule has 0 unspecified atom stereocenters. The molecule has 33 heavy (non-hydrogen) atoms. The summed E-state index contributed by atoms with van der Waals surface area (Å²) in [6.07, 6.45) is 1.54. The van der Waals surface area contributed by atoms with E-state index >= 15 is 0 Å². The van der Waals surface area contributed by atoms with Gasteiger partial charge in [0.25, 0.3) is 5.91 Å². The van der Waals surface area contributed by atoms with Crippen LogP contribution in [0.4, 0.5) is 5.82 Å². The third kappa shape index (κ3) is 4.59. The molecule has 5 rings (SSSR count). The Morgan fingerprint density at radius 2 is 1.76 bits per heavy atom. The highest BCUT2D eigenvalue weighted by Gasteiger charge is 2.21. The van der Waals surface area contributed by atoms with Crippen LogP contribution in [0.1, 0.15) is 22.8 Å². The lowest BCUT2D eigenvalue weighted by atomic mass is 10.1. The molecule has 4 aromatic rings. The summed E-state index contributed by atoms with van der Waals surface area (Å²) in [4.78, 5) is 25.9. The van der Waals surface area contributed by atoms with Crippen LogP contribution >= 0.6 is 0 Å². The zero-order valence-corrected chi connectivity index (χ0v) is 18.7. The number of furan rings is 1. The first-order chi connectivity index (χ1) is 16.2. The number of carbonyl (C=O) groups is 1. The smallest absolute Gasteiger partial charge is 0.253 e. The number of nitrogens with zero attached hydrogens (tertiary/aromatic N) is 4. The van der Waals surface area contributed by atoms with Crippen molar-refractivity contribution in [3.8, 4) is 11.3 Å². The van der Waals surface area contributed by atoms with Crippen molar-refractivity contribution in [2.24, 2.45) is 0 Å². The van der Waals surface area contributed by atoms with Crippen molar-refractivity contribution in [2.45, 2.75) is 13.5 Å². The van der Waals surface area contributed by atoms with Gasteiger partial charge in [-0.2, -0.15) is 0 Å². The summed E-state index contributed by atoms with van der Waals surface area (Å²) in [7, 11) is 0. The highest BCUT2D eigenvalue weighted by Crippen LogP contribution is 2.30. The molecule has 1 aliphatic rings. The van der Waals surface area contributed by atoms with Gasteiger partial charge in [0, 0.05) is 49.9 Å². The molecule has 0 radical (unpaired) electrons. The third-order valence-corrected chi connectivity index (χ3v) is 6.14. The largest absolute Gasteiger partial charge is 0.450 e. The predicted molar refractivity (Wildman–Crippen MR) is 129 cm³/mol. The number of amides is 1. The number of benzene rings is 2. The molecule has 0 spiro atoms. The molecule has 1 N–H and O–H groups in total. The van der Waals surface area contributed by atoms with E-state index in [1.54, 1.807) is 0 Å². The van der Waals surface area contributed by atoms with Crippen molar-refractivity contribution >= 4 is 22.8 Å². The summed E-state index contributed by atoms with van der Waals surface area (Å²) in [5.41, 5.74) is 4.12. The highest BCUT2D eigenvalue weighted by molar-refractivity contribution is 5.95. The average molecular weight is 442 g/mol. The summed E-state index contributed by atoms with van der Waals surface area (Å²) in [6.45, 7) is 7.24. The summed E-state index contributed by atoms with van der Waals surface area (Å²) < 4.78 is 6.13. The monoisotopic (exact) mass is 441 g/mol. The van der Waals surface area contributed by atoms with Crippen LogP contribution in [0.3, 0.4) is 0 Å². The Bertz CT molecular complexity index is 1230. The second-order valence-electron chi connectivity index (χ2n) is 8.19. The van der Waals surface area contributed by atoms with E-state index in [1.165, 1.54) is 6.33 Å². The Labute approximate surface area is 193 Å². The number of anilines is 1. The molecule has 0 atom stereocenters. The van der Waals surface area contributed by atoms with Gasteiger partial charge in [0.05, 0.1) is 0 Å². The molecular formula is C26H27N5O2. The first kappa shape index (κ1) is 21.2. The number of piperazine rings is 1. The van der Waals surface area contributed by atoms with Gasteiger partial charge in [-0.1, -0.05) is 49.4 Å². The van der Waals surface area contributed by atoms with Crippen LogP contribution in [-0.4, -0.2) is 58.4 Å². The molecule has 7 nitrogen and oxygen atoms in total. The van der Waals surface area contributed by atoms with Crippen molar-refractivity contribution in [1.82, 2.24) is 19.8 Å². The van der Waals surface area contributed by atoms with Gasteiger partial charge in [0.15, 0.2) is 11.4 Å². The molecule has 2 aromatic carbocycles. The van der Waals surface area contributed by atoms with E-state index in [0.717, 1.165) is 49.4 Å². The minimum absolute atomic E-state index is 0.0835. The predicted octanol–water partition coefficient (Wildman–Crippen LogP) is 4.28.